The Morgan fingerprint density at radius 3 is 2.85 bits per heavy atom. The van der Waals surface area contributed by atoms with Gasteiger partial charge in [0.05, 0.1) is 5.02 Å². The molecule has 0 saturated heterocycles. The second-order valence-electron chi connectivity index (χ2n) is 5.87. The van der Waals surface area contributed by atoms with Crippen LogP contribution in [0.15, 0.2) is 35.4 Å². The zero-order valence-electron chi connectivity index (χ0n) is 14.1. The molecule has 4 aromatic rings. The highest BCUT2D eigenvalue weighted by atomic mass is 35.5. The summed E-state index contributed by atoms with van der Waals surface area (Å²) in [4.78, 5) is 23.6. The molecule has 0 amide bonds. The van der Waals surface area contributed by atoms with Crippen molar-refractivity contribution >= 4 is 39.2 Å². The van der Waals surface area contributed by atoms with E-state index in [1.807, 2.05) is 6.92 Å². The number of hydrogen-bond acceptors (Lipinski definition) is 6. The molecule has 5 nitrogen and oxygen atoms in total. The minimum Gasteiger partial charge on any atom is -0.501 e. The van der Waals surface area contributed by atoms with E-state index in [9.17, 15) is 14.3 Å². The first-order chi connectivity index (χ1) is 13.0. The van der Waals surface area contributed by atoms with Gasteiger partial charge in [-0.1, -0.05) is 24.6 Å². The van der Waals surface area contributed by atoms with Crippen molar-refractivity contribution in [1.29, 1.82) is 0 Å². The standard InChI is InChI=1S/C18H13ClFN3O2S2/c1-2-10-8-23-17(25)15(24)14(22-18(23)27-10)16-21-7-11(26-16)5-9-3-4-13(20)12(19)6-9/h3-4,6-8,24H,2,5H2,1H3. The lowest BCUT2D eigenvalue weighted by atomic mass is 10.1. The van der Waals surface area contributed by atoms with Gasteiger partial charge in [-0.25, -0.2) is 14.4 Å². The summed E-state index contributed by atoms with van der Waals surface area (Å²) in [6, 6.07) is 4.55. The number of hydrogen-bond donors (Lipinski definition) is 1. The summed E-state index contributed by atoms with van der Waals surface area (Å²) in [5.74, 6) is -0.880. The summed E-state index contributed by atoms with van der Waals surface area (Å²) in [6.45, 7) is 1.99. The van der Waals surface area contributed by atoms with Crippen molar-refractivity contribution in [3.05, 3.63) is 67.1 Å². The van der Waals surface area contributed by atoms with Gasteiger partial charge in [0.2, 0.25) is 5.75 Å². The quantitative estimate of drug-likeness (QED) is 0.525. The third-order valence-electron chi connectivity index (χ3n) is 4.02. The van der Waals surface area contributed by atoms with Crippen LogP contribution in [0, 0.1) is 5.82 Å². The summed E-state index contributed by atoms with van der Waals surface area (Å²) in [6.07, 6.45) is 4.65. The normalized spacial score (nSPS) is 11.4. The lowest BCUT2D eigenvalue weighted by Gasteiger charge is -2.01. The minimum atomic E-state index is -0.506. The molecule has 138 valence electrons. The van der Waals surface area contributed by atoms with Gasteiger partial charge in [-0.2, -0.15) is 0 Å². The Kier molecular flexibility index (Phi) is 4.71. The van der Waals surface area contributed by atoms with Crippen LogP contribution >= 0.6 is 34.3 Å². The zero-order chi connectivity index (χ0) is 19.1. The largest absolute Gasteiger partial charge is 0.501 e. The van der Waals surface area contributed by atoms with E-state index in [1.54, 1.807) is 24.5 Å². The number of halogens is 2. The van der Waals surface area contributed by atoms with E-state index in [1.165, 1.54) is 33.1 Å². The highest BCUT2D eigenvalue weighted by molar-refractivity contribution is 7.17. The fourth-order valence-electron chi connectivity index (χ4n) is 2.64. The molecule has 9 heteroatoms. The third kappa shape index (κ3) is 3.36. The summed E-state index contributed by atoms with van der Waals surface area (Å²) < 4.78 is 14.7. The maximum Gasteiger partial charge on any atom is 0.301 e. The smallest absolute Gasteiger partial charge is 0.301 e. The van der Waals surface area contributed by atoms with Crippen molar-refractivity contribution in [1.82, 2.24) is 14.4 Å². The number of nitrogens with zero attached hydrogens (tertiary/aromatic N) is 3. The summed E-state index contributed by atoms with van der Waals surface area (Å²) in [5, 5.41) is 10.8. The fraction of sp³-hybridized carbons (Fsp3) is 0.167. The third-order valence-corrected chi connectivity index (χ3v) is 6.44. The van der Waals surface area contributed by atoms with Crippen LogP contribution in [0.3, 0.4) is 0 Å². The van der Waals surface area contributed by atoms with E-state index in [-0.39, 0.29) is 10.7 Å². The van der Waals surface area contributed by atoms with Crippen LogP contribution in [0.25, 0.3) is 15.7 Å². The van der Waals surface area contributed by atoms with E-state index in [0.29, 0.717) is 16.4 Å². The van der Waals surface area contributed by atoms with Crippen molar-refractivity contribution < 1.29 is 9.50 Å². The van der Waals surface area contributed by atoms with Crippen molar-refractivity contribution in [2.75, 3.05) is 0 Å². The average Bonchev–Trinajstić information content (AvgIpc) is 3.28. The van der Waals surface area contributed by atoms with Crippen LogP contribution in [-0.4, -0.2) is 19.5 Å². The summed E-state index contributed by atoms with van der Waals surface area (Å²) in [7, 11) is 0. The Morgan fingerprint density at radius 1 is 1.30 bits per heavy atom. The molecule has 1 aromatic carbocycles. The molecule has 0 spiro atoms. The van der Waals surface area contributed by atoms with E-state index in [2.05, 4.69) is 9.97 Å². The number of fused-ring (bicyclic) bond motifs is 1. The molecule has 27 heavy (non-hydrogen) atoms. The van der Waals surface area contributed by atoms with Gasteiger partial charge < -0.3 is 5.11 Å². The maximum absolute atomic E-state index is 13.3. The first-order valence-corrected chi connectivity index (χ1v) is 10.1. The summed E-state index contributed by atoms with van der Waals surface area (Å²) in [5.41, 5.74) is 0.515. The summed E-state index contributed by atoms with van der Waals surface area (Å²) >= 11 is 8.55. The molecule has 0 unspecified atom stereocenters. The van der Waals surface area contributed by atoms with Crippen LogP contribution in [0.5, 0.6) is 5.75 Å². The van der Waals surface area contributed by atoms with Gasteiger partial charge >= 0.3 is 5.56 Å². The van der Waals surface area contributed by atoms with E-state index < -0.39 is 17.1 Å². The van der Waals surface area contributed by atoms with Crippen LogP contribution in [0.2, 0.25) is 5.02 Å². The van der Waals surface area contributed by atoms with Crippen molar-refractivity contribution in [3.8, 4) is 16.5 Å². The predicted octanol–water partition coefficient (Wildman–Crippen LogP) is 4.53. The molecule has 0 fully saturated rings. The van der Waals surface area contributed by atoms with Crippen LogP contribution < -0.4 is 5.56 Å². The molecule has 3 aromatic heterocycles. The molecule has 0 aliphatic heterocycles. The zero-order valence-corrected chi connectivity index (χ0v) is 16.5. The molecule has 4 rings (SSSR count). The SMILES string of the molecule is CCc1cn2c(=O)c(O)c(-c3ncc(Cc4ccc(F)c(Cl)c4)s3)nc2s1. The Labute approximate surface area is 166 Å². The minimum absolute atomic E-state index is 0.0689. The molecule has 3 heterocycles. The lowest BCUT2D eigenvalue weighted by Crippen LogP contribution is -2.13. The maximum atomic E-state index is 13.3. The molecular formula is C18H13ClFN3O2S2. The number of benzene rings is 1. The number of thiazole rings is 2. The monoisotopic (exact) mass is 421 g/mol. The molecule has 0 atom stereocenters. The van der Waals surface area contributed by atoms with Crippen LogP contribution in [0.4, 0.5) is 4.39 Å². The van der Waals surface area contributed by atoms with Crippen LogP contribution in [-0.2, 0) is 12.8 Å². The highest BCUT2D eigenvalue weighted by Gasteiger charge is 2.18. The molecule has 0 radical (unpaired) electrons. The fourth-order valence-corrected chi connectivity index (χ4v) is 4.69. The Morgan fingerprint density at radius 2 is 2.11 bits per heavy atom. The van der Waals surface area contributed by atoms with Crippen molar-refractivity contribution in [2.24, 2.45) is 0 Å². The molecule has 1 N–H and O–H groups in total. The second-order valence-corrected chi connectivity index (χ2v) is 8.49. The lowest BCUT2D eigenvalue weighted by molar-refractivity contribution is 0.465. The van der Waals surface area contributed by atoms with Gasteiger partial charge in [0, 0.05) is 28.6 Å². The van der Waals surface area contributed by atoms with Gasteiger partial charge in [-0.15, -0.1) is 22.7 Å². The van der Waals surface area contributed by atoms with Gasteiger partial charge in [0.15, 0.2) is 4.96 Å². The van der Waals surface area contributed by atoms with E-state index in [4.69, 9.17) is 11.6 Å². The Hall–Kier alpha value is -2.29. The van der Waals surface area contributed by atoms with Crippen molar-refractivity contribution in [3.63, 3.8) is 0 Å². The molecular weight excluding hydrogens is 409 g/mol. The molecule has 0 saturated carbocycles. The number of aromatic nitrogens is 3. The molecule has 0 bridgehead atoms. The van der Waals surface area contributed by atoms with E-state index >= 15 is 0 Å². The van der Waals surface area contributed by atoms with Crippen molar-refractivity contribution in [2.45, 2.75) is 19.8 Å². The second kappa shape index (κ2) is 7.03. The van der Waals surface area contributed by atoms with Gasteiger partial charge in [-0.3, -0.25) is 9.20 Å². The number of aromatic hydroxyl groups is 1. The number of rotatable bonds is 4. The molecule has 0 aliphatic carbocycles. The first kappa shape index (κ1) is 18.1. The van der Waals surface area contributed by atoms with Gasteiger partial charge in [-0.05, 0) is 24.1 Å². The average molecular weight is 422 g/mol. The number of aryl methyl sites for hydroxylation is 1. The topological polar surface area (TPSA) is 67.5 Å². The highest BCUT2D eigenvalue weighted by Crippen LogP contribution is 2.31. The molecule has 0 aliphatic rings. The van der Waals surface area contributed by atoms with Gasteiger partial charge in [0.25, 0.3) is 0 Å². The van der Waals surface area contributed by atoms with Crippen LogP contribution in [0.1, 0.15) is 22.2 Å². The Balaban J connectivity index is 1.71. The van der Waals surface area contributed by atoms with Gasteiger partial charge in [0.1, 0.15) is 16.5 Å². The predicted molar refractivity (Wildman–Crippen MR) is 106 cm³/mol. The first-order valence-electron chi connectivity index (χ1n) is 8.09. The van der Waals surface area contributed by atoms with E-state index in [0.717, 1.165) is 21.7 Å². The Bertz CT molecular complexity index is 1220.